The van der Waals surface area contributed by atoms with Gasteiger partial charge in [0.05, 0.1) is 11.1 Å². The predicted molar refractivity (Wildman–Crippen MR) is 259 cm³/mol. The van der Waals surface area contributed by atoms with Gasteiger partial charge in [-0.25, -0.2) is 0 Å². The van der Waals surface area contributed by atoms with Crippen molar-refractivity contribution in [3.05, 3.63) is 189 Å². The van der Waals surface area contributed by atoms with E-state index in [1.165, 1.54) is 121 Å². The van der Waals surface area contributed by atoms with E-state index in [1.54, 1.807) is 22.2 Å². The minimum atomic E-state index is -0.447. The van der Waals surface area contributed by atoms with Crippen LogP contribution in [0.5, 0.6) is 0 Å². The molecule has 300 valence electrons. The molecular formula is C59H56BN. The molecule has 1 saturated carbocycles. The Bertz CT molecular complexity index is 2950. The Morgan fingerprint density at radius 2 is 1.23 bits per heavy atom. The molecule has 1 N–H and O–H groups in total. The number of benzene rings is 7. The van der Waals surface area contributed by atoms with Crippen molar-refractivity contribution in [1.29, 1.82) is 0 Å². The van der Waals surface area contributed by atoms with Crippen molar-refractivity contribution in [3.63, 3.8) is 0 Å². The van der Waals surface area contributed by atoms with Crippen molar-refractivity contribution >= 4 is 29.6 Å². The van der Waals surface area contributed by atoms with E-state index < -0.39 is 5.41 Å². The van der Waals surface area contributed by atoms with E-state index in [2.05, 4.69) is 187 Å². The van der Waals surface area contributed by atoms with Gasteiger partial charge < -0.3 is 5.32 Å². The van der Waals surface area contributed by atoms with E-state index >= 15 is 0 Å². The van der Waals surface area contributed by atoms with Crippen molar-refractivity contribution in [3.8, 4) is 33.4 Å². The number of rotatable bonds is 2. The minimum absolute atomic E-state index is 0.0627. The SMILES string of the molecule is Cc1cccc(C)c1-c1cc(-c2cccc3c2Nc2ccccc2C32c3ccccc3-c3ccccc32)c2c(c1)C1CC3(C)CCCCC3(C)c3cc(C(C)(C)C)cc(c31)B2. The Balaban J connectivity index is 1.18. The first-order chi connectivity index (χ1) is 29.4. The highest BCUT2D eigenvalue weighted by Crippen LogP contribution is 2.64. The zero-order valence-electron chi connectivity index (χ0n) is 37.0. The molecule has 0 bridgehead atoms. The molecule has 12 rings (SSSR count). The molecule has 0 radical (unpaired) electrons. The molecule has 1 spiro atoms. The Hall–Kier alpha value is -5.60. The largest absolute Gasteiger partial charge is 0.354 e. The number of anilines is 2. The molecule has 3 atom stereocenters. The standard InChI is InChI=1S/C59H56BN/c1-35-18-16-19-36(2)52(35)37-30-42(54-43(31-37)44-34-57(6)28-14-15-29-58(57,7)49-32-38(56(3,4)5)33-50(60-54)53(44)49)41-22-17-26-48-55(41)61-51-27-13-12-25-47(51)59(48)45-23-10-8-20-39(45)40-21-9-11-24-46(40)59/h8-13,16-27,30-33,44,60-61H,14-15,28-29,34H2,1-7H3. The fraction of sp³-hybridized carbons (Fsp3) is 0.288. The van der Waals surface area contributed by atoms with Crippen LogP contribution in [-0.4, -0.2) is 7.28 Å². The molecule has 0 aromatic heterocycles. The molecule has 7 aromatic carbocycles. The number of aryl methyl sites for hydroxylation is 2. The highest BCUT2D eigenvalue weighted by Gasteiger charge is 2.55. The number of para-hydroxylation sites is 2. The lowest BCUT2D eigenvalue weighted by atomic mass is 9.42. The lowest BCUT2D eigenvalue weighted by Gasteiger charge is -2.58. The van der Waals surface area contributed by atoms with Crippen molar-refractivity contribution in [1.82, 2.24) is 0 Å². The summed E-state index contributed by atoms with van der Waals surface area (Å²) in [6.45, 7) is 17.2. The molecular weight excluding hydrogens is 733 g/mol. The van der Waals surface area contributed by atoms with Crippen LogP contribution in [0, 0.1) is 19.3 Å². The Kier molecular flexibility index (Phi) is 7.76. The van der Waals surface area contributed by atoms with Gasteiger partial charge in [-0.2, -0.15) is 0 Å². The van der Waals surface area contributed by atoms with Gasteiger partial charge in [-0.1, -0.05) is 180 Å². The summed E-state index contributed by atoms with van der Waals surface area (Å²) < 4.78 is 0. The monoisotopic (exact) mass is 789 g/mol. The maximum Gasteiger partial charge on any atom is 0.193 e. The van der Waals surface area contributed by atoms with E-state index in [9.17, 15) is 0 Å². The number of fused-ring (bicyclic) bond motifs is 13. The summed E-state index contributed by atoms with van der Waals surface area (Å²) in [5, 5.41) is 4.15. The van der Waals surface area contributed by atoms with Crippen LogP contribution in [0.1, 0.15) is 128 Å². The fourth-order valence-electron chi connectivity index (χ4n) is 13.6. The molecule has 2 heterocycles. The summed E-state index contributed by atoms with van der Waals surface area (Å²) in [5.41, 5.74) is 28.1. The van der Waals surface area contributed by atoms with Gasteiger partial charge >= 0.3 is 0 Å². The summed E-state index contributed by atoms with van der Waals surface area (Å²) in [6.07, 6.45) is 6.45. The average Bonchev–Trinajstić information content (AvgIpc) is 3.54. The van der Waals surface area contributed by atoms with Crippen molar-refractivity contribution in [2.45, 2.75) is 103 Å². The van der Waals surface area contributed by atoms with Crippen LogP contribution < -0.4 is 16.2 Å². The summed E-state index contributed by atoms with van der Waals surface area (Å²) in [4.78, 5) is 0. The van der Waals surface area contributed by atoms with Gasteiger partial charge in [-0.3, -0.25) is 0 Å². The summed E-state index contributed by atoms with van der Waals surface area (Å²) in [5.74, 6) is 0.357. The number of nitrogens with one attached hydrogen (secondary N) is 1. The molecule has 2 aliphatic heterocycles. The molecule has 7 aromatic rings. The third-order valence-electron chi connectivity index (χ3n) is 16.8. The van der Waals surface area contributed by atoms with E-state index in [1.807, 2.05) is 0 Å². The van der Waals surface area contributed by atoms with Gasteiger partial charge in [-0.15, -0.1) is 0 Å². The van der Waals surface area contributed by atoms with Crippen molar-refractivity contribution < 1.29 is 0 Å². The van der Waals surface area contributed by atoms with Crippen LogP contribution in [0.25, 0.3) is 33.4 Å². The van der Waals surface area contributed by atoms with Crippen LogP contribution in [0.2, 0.25) is 0 Å². The van der Waals surface area contributed by atoms with E-state index in [0.717, 1.165) is 7.28 Å². The molecule has 0 saturated heterocycles. The quantitative estimate of drug-likeness (QED) is 0.172. The Morgan fingerprint density at radius 3 is 1.95 bits per heavy atom. The smallest absolute Gasteiger partial charge is 0.193 e. The number of hydrogen-bond donors (Lipinski definition) is 1. The van der Waals surface area contributed by atoms with Crippen LogP contribution >= 0.6 is 0 Å². The molecule has 1 fully saturated rings. The van der Waals surface area contributed by atoms with Gasteiger partial charge in [0.2, 0.25) is 0 Å². The molecule has 3 unspecified atom stereocenters. The highest BCUT2D eigenvalue weighted by molar-refractivity contribution is 6.70. The Labute approximate surface area is 363 Å². The van der Waals surface area contributed by atoms with Gasteiger partial charge in [0.1, 0.15) is 0 Å². The van der Waals surface area contributed by atoms with Crippen LogP contribution in [0.15, 0.2) is 133 Å². The van der Waals surface area contributed by atoms with Crippen LogP contribution in [-0.2, 0) is 16.2 Å². The zero-order valence-corrected chi connectivity index (χ0v) is 37.0. The molecule has 61 heavy (non-hydrogen) atoms. The summed E-state index contributed by atoms with van der Waals surface area (Å²) in [6, 6.07) is 52.0. The zero-order chi connectivity index (χ0) is 41.6. The third kappa shape index (κ3) is 4.91. The normalized spacial score (nSPS) is 22.0. The minimum Gasteiger partial charge on any atom is -0.354 e. The molecule has 3 aliphatic carbocycles. The second kappa shape index (κ2) is 12.7. The van der Waals surface area contributed by atoms with Crippen LogP contribution in [0.4, 0.5) is 11.4 Å². The predicted octanol–water partition coefficient (Wildman–Crippen LogP) is 13.4. The fourth-order valence-corrected chi connectivity index (χ4v) is 13.6. The molecule has 0 amide bonds. The average molecular weight is 790 g/mol. The van der Waals surface area contributed by atoms with Gasteiger partial charge in [0.25, 0.3) is 0 Å². The lowest BCUT2D eigenvalue weighted by molar-refractivity contribution is 0.0602. The van der Waals surface area contributed by atoms with Gasteiger partial charge in [-0.05, 0) is 145 Å². The summed E-state index contributed by atoms with van der Waals surface area (Å²) >= 11 is 0. The molecule has 2 heteroatoms. The van der Waals surface area contributed by atoms with Crippen LogP contribution in [0.3, 0.4) is 0 Å². The Morgan fingerprint density at radius 1 is 0.607 bits per heavy atom. The highest BCUT2D eigenvalue weighted by atomic mass is 14.9. The lowest BCUT2D eigenvalue weighted by Crippen LogP contribution is -2.54. The molecule has 5 aliphatic rings. The van der Waals surface area contributed by atoms with Gasteiger partial charge in [0, 0.05) is 17.2 Å². The summed E-state index contributed by atoms with van der Waals surface area (Å²) in [7, 11) is 0.949. The first-order valence-corrected chi connectivity index (χ1v) is 23.0. The van der Waals surface area contributed by atoms with E-state index in [4.69, 9.17) is 0 Å². The number of hydrogen-bond acceptors (Lipinski definition) is 1. The second-order valence-electron chi connectivity index (χ2n) is 21.0. The first-order valence-electron chi connectivity index (χ1n) is 23.0. The van der Waals surface area contributed by atoms with Crippen molar-refractivity contribution in [2.75, 3.05) is 5.32 Å². The van der Waals surface area contributed by atoms with E-state index in [0.29, 0.717) is 5.92 Å². The second-order valence-corrected chi connectivity index (χ2v) is 21.0. The maximum absolute atomic E-state index is 4.15. The first kappa shape index (κ1) is 37.2. The van der Waals surface area contributed by atoms with Crippen molar-refractivity contribution in [2.24, 2.45) is 5.41 Å². The third-order valence-corrected chi connectivity index (χ3v) is 16.8. The topological polar surface area (TPSA) is 12.0 Å². The van der Waals surface area contributed by atoms with E-state index in [-0.39, 0.29) is 16.2 Å². The molecule has 1 nitrogen and oxygen atoms in total. The van der Waals surface area contributed by atoms with Gasteiger partial charge in [0.15, 0.2) is 7.28 Å². The maximum atomic E-state index is 4.15.